The minimum Gasteiger partial charge on any atom is -0.487 e. The Kier molecular flexibility index (Phi) is 7.62. The third-order valence-corrected chi connectivity index (χ3v) is 6.23. The SMILES string of the molecule is Cc1ccc(Nc2cccc(N3CCOCC3)c2)cc1NC(=O)c1ccc(OCc2ccccn2)cc1. The minimum absolute atomic E-state index is 0.175. The number of pyridine rings is 1. The van der Waals surface area contributed by atoms with Gasteiger partial charge >= 0.3 is 0 Å². The minimum atomic E-state index is -0.175. The van der Waals surface area contributed by atoms with E-state index in [2.05, 4.69) is 32.7 Å². The Morgan fingerprint density at radius 3 is 2.54 bits per heavy atom. The van der Waals surface area contributed by atoms with E-state index < -0.39 is 0 Å². The lowest BCUT2D eigenvalue weighted by atomic mass is 10.1. The summed E-state index contributed by atoms with van der Waals surface area (Å²) in [6, 6.07) is 27.1. The fourth-order valence-electron chi connectivity index (χ4n) is 4.14. The van der Waals surface area contributed by atoms with Crippen molar-refractivity contribution in [2.45, 2.75) is 13.5 Å². The summed E-state index contributed by atoms with van der Waals surface area (Å²) in [5.74, 6) is 0.509. The average molecular weight is 495 g/mol. The molecular formula is C30H30N4O3. The lowest BCUT2D eigenvalue weighted by Crippen LogP contribution is -2.36. The van der Waals surface area contributed by atoms with Crippen LogP contribution < -0.4 is 20.3 Å². The Labute approximate surface area is 217 Å². The quantitative estimate of drug-likeness (QED) is 0.322. The average Bonchev–Trinajstić information content (AvgIpc) is 2.95. The van der Waals surface area contributed by atoms with Crippen LogP contribution in [0.25, 0.3) is 0 Å². The van der Waals surface area contributed by atoms with Gasteiger partial charge in [-0.3, -0.25) is 9.78 Å². The van der Waals surface area contributed by atoms with Crippen molar-refractivity contribution in [1.82, 2.24) is 4.98 Å². The van der Waals surface area contributed by atoms with Gasteiger partial charge in [-0.1, -0.05) is 18.2 Å². The number of ether oxygens (including phenoxy) is 2. The van der Waals surface area contributed by atoms with Crippen LogP contribution in [0.1, 0.15) is 21.6 Å². The molecule has 1 amide bonds. The van der Waals surface area contributed by atoms with E-state index in [9.17, 15) is 4.79 Å². The summed E-state index contributed by atoms with van der Waals surface area (Å²) >= 11 is 0. The van der Waals surface area contributed by atoms with E-state index in [0.29, 0.717) is 17.9 Å². The van der Waals surface area contributed by atoms with Gasteiger partial charge in [0.25, 0.3) is 5.91 Å². The first-order chi connectivity index (χ1) is 18.1. The number of carbonyl (C=O) groups is 1. The standard InChI is InChI=1S/C30H30N4O3/c1-22-8-11-25(32-24-6-4-7-27(19-24)34-15-17-36-18-16-34)20-29(22)33-30(35)23-9-12-28(13-10-23)37-21-26-5-2-3-14-31-26/h2-14,19-20,32H,15-18,21H2,1H3,(H,33,35). The van der Waals surface area contributed by atoms with Crippen molar-refractivity contribution in [2.75, 3.05) is 41.8 Å². The van der Waals surface area contributed by atoms with Gasteiger partial charge in [0.15, 0.2) is 0 Å². The summed E-state index contributed by atoms with van der Waals surface area (Å²) < 4.78 is 11.2. The zero-order valence-electron chi connectivity index (χ0n) is 20.8. The molecule has 0 radical (unpaired) electrons. The predicted molar refractivity (Wildman–Crippen MR) is 147 cm³/mol. The number of amides is 1. The number of hydrogen-bond acceptors (Lipinski definition) is 6. The molecule has 1 aliphatic rings. The van der Waals surface area contributed by atoms with Crippen LogP contribution in [0.3, 0.4) is 0 Å². The fourth-order valence-corrected chi connectivity index (χ4v) is 4.14. The molecule has 0 atom stereocenters. The van der Waals surface area contributed by atoms with E-state index in [1.54, 1.807) is 30.5 Å². The molecule has 1 aromatic heterocycles. The molecule has 0 bridgehead atoms. The zero-order valence-corrected chi connectivity index (χ0v) is 20.8. The molecule has 1 aliphatic heterocycles. The van der Waals surface area contributed by atoms with Crippen LogP contribution in [0.2, 0.25) is 0 Å². The molecular weight excluding hydrogens is 464 g/mol. The molecule has 0 unspecified atom stereocenters. The number of aromatic nitrogens is 1. The Morgan fingerprint density at radius 1 is 0.946 bits per heavy atom. The van der Waals surface area contributed by atoms with Crippen molar-refractivity contribution in [1.29, 1.82) is 0 Å². The van der Waals surface area contributed by atoms with Crippen LogP contribution in [0, 0.1) is 6.92 Å². The second-order valence-corrected chi connectivity index (χ2v) is 8.89. The number of nitrogens with zero attached hydrogens (tertiary/aromatic N) is 2. The summed E-state index contributed by atoms with van der Waals surface area (Å²) in [5.41, 5.74) is 6.21. The maximum Gasteiger partial charge on any atom is 0.255 e. The molecule has 2 N–H and O–H groups in total. The van der Waals surface area contributed by atoms with Gasteiger partial charge in [0.2, 0.25) is 0 Å². The summed E-state index contributed by atoms with van der Waals surface area (Å²) in [4.78, 5) is 19.5. The topological polar surface area (TPSA) is 75.7 Å². The van der Waals surface area contributed by atoms with E-state index in [1.807, 2.05) is 55.5 Å². The molecule has 1 saturated heterocycles. The van der Waals surface area contributed by atoms with Crippen molar-refractivity contribution in [2.24, 2.45) is 0 Å². The molecule has 4 aromatic rings. The van der Waals surface area contributed by atoms with Crippen LogP contribution in [0.15, 0.2) is 91.1 Å². The zero-order chi connectivity index (χ0) is 25.5. The monoisotopic (exact) mass is 494 g/mol. The van der Waals surface area contributed by atoms with Gasteiger partial charge in [0, 0.05) is 47.6 Å². The second kappa shape index (κ2) is 11.6. The van der Waals surface area contributed by atoms with E-state index in [0.717, 1.165) is 54.6 Å². The molecule has 0 aliphatic carbocycles. The Balaban J connectivity index is 1.22. The van der Waals surface area contributed by atoms with Gasteiger partial charge in [-0.05, 0) is 79.2 Å². The van der Waals surface area contributed by atoms with Crippen LogP contribution in [-0.2, 0) is 11.3 Å². The van der Waals surface area contributed by atoms with Crippen LogP contribution in [0.4, 0.5) is 22.7 Å². The van der Waals surface area contributed by atoms with Crippen LogP contribution >= 0.6 is 0 Å². The number of nitrogens with one attached hydrogen (secondary N) is 2. The molecule has 7 nitrogen and oxygen atoms in total. The van der Waals surface area contributed by atoms with E-state index >= 15 is 0 Å². The molecule has 5 rings (SSSR count). The summed E-state index contributed by atoms with van der Waals surface area (Å²) in [7, 11) is 0. The highest BCUT2D eigenvalue weighted by molar-refractivity contribution is 6.05. The van der Waals surface area contributed by atoms with Gasteiger partial charge in [0.1, 0.15) is 12.4 Å². The van der Waals surface area contributed by atoms with Crippen molar-refractivity contribution in [3.63, 3.8) is 0 Å². The largest absolute Gasteiger partial charge is 0.487 e. The fraction of sp³-hybridized carbons (Fsp3) is 0.200. The summed E-state index contributed by atoms with van der Waals surface area (Å²) in [6.45, 7) is 5.63. The van der Waals surface area contributed by atoms with Crippen molar-refractivity contribution >= 4 is 28.7 Å². The number of benzene rings is 3. The van der Waals surface area contributed by atoms with Crippen LogP contribution in [-0.4, -0.2) is 37.2 Å². The molecule has 7 heteroatoms. The molecule has 2 heterocycles. The van der Waals surface area contributed by atoms with E-state index in [1.165, 1.54) is 5.69 Å². The van der Waals surface area contributed by atoms with Gasteiger partial charge in [-0.2, -0.15) is 0 Å². The van der Waals surface area contributed by atoms with Gasteiger partial charge in [-0.25, -0.2) is 0 Å². The molecule has 3 aromatic carbocycles. The third-order valence-electron chi connectivity index (χ3n) is 6.23. The highest BCUT2D eigenvalue weighted by atomic mass is 16.5. The van der Waals surface area contributed by atoms with Crippen molar-refractivity contribution < 1.29 is 14.3 Å². The van der Waals surface area contributed by atoms with E-state index in [-0.39, 0.29) is 5.91 Å². The number of carbonyl (C=O) groups excluding carboxylic acids is 1. The lowest BCUT2D eigenvalue weighted by molar-refractivity contribution is 0.102. The third kappa shape index (κ3) is 6.45. The molecule has 0 saturated carbocycles. The number of aryl methyl sites for hydroxylation is 1. The number of morpholine rings is 1. The van der Waals surface area contributed by atoms with Crippen molar-refractivity contribution in [3.8, 4) is 5.75 Å². The van der Waals surface area contributed by atoms with Crippen LogP contribution in [0.5, 0.6) is 5.75 Å². The number of rotatable bonds is 8. The summed E-state index contributed by atoms with van der Waals surface area (Å²) in [5, 5.41) is 6.51. The maximum atomic E-state index is 12.9. The smallest absolute Gasteiger partial charge is 0.255 e. The lowest BCUT2D eigenvalue weighted by Gasteiger charge is -2.29. The molecule has 37 heavy (non-hydrogen) atoms. The van der Waals surface area contributed by atoms with Gasteiger partial charge in [0.05, 0.1) is 18.9 Å². The van der Waals surface area contributed by atoms with Crippen molar-refractivity contribution in [3.05, 3.63) is 108 Å². The molecule has 1 fully saturated rings. The molecule has 188 valence electrons. The van der Waals surface area contributed by atoms with Gasteiger partial charge < -0.3 is 25.0 Å². The Bertz CT molecular complexity index is 1340. The summed E-state index contributed by atoms with van der Waals surface area (Å²) in [6.07, 6.45) is 1.74. The highest BCUT2D eigenvalue weighted by Crippen LogP contribution is 2.27. The van der Waals surface area contributed by atoms with Gasteiger partial charge in [-0.15, -0.1) is 0 Å². The second-order valence-electron chi connectivity index (χ2n) is 8.89. The molecule has 0 spiro atoms. The first-order valence-corrected chi connectivity index (χ1v) is 12.4. The highest BCUT2D eigenvalue weighted by Gasteiger charge is 2.12. The Morgan fingerprint density at radius 2 is 1.76 bits per heavy atom. The normalized spacial score (nSPS) is 13.2. The number of hydrogen-bond donors (Lipinski definition) is 2. The predicted octanol–water partition coefficient (Wildman–Crippen LogP) is 5.80. The first-order valence-electron chi connectivity index (χ1n) is 12.4. The van der Waals surface area contributed by atoms with E-state index in [4.69, 9.17) is 9.47 Å². The number of anilines is 4. The maximum absolute atomic E-state index is 12.9. The first kappa shape index (κ1) is 24.3. The Hall–Kier alpha value is -4.36.